The lowest BCUT2D eigenvalue weighted by Crippen LogP contribution is -2.36. The first kappa shape index (κ1) is 18.6. The van der Waals surface area contributed by atoms with E-state index in [1.165, 1.54) is 18.9 Å². The van der Waals surface area contributed by atoms with E-state index in [4.69, 9.17) is 16.3 Å². The molecule has 0 atom stereocenters. The first-order chi connectivity index (χ1) is 13.0. The summed E-state index contributed by atoms with van der Waals surface area (Å²) in [6.45, 7) is 2.91. The normalized spacial score (nSPS) is 23.3. The summed E-state index contributed by atoms with van der Waals surface area (Å²) < 4.78 is 5.48. The summed E-state index contributed by atoms with van der Waals surface area (Å²) in [6, 6.07) is 2.85. The monoisotopic (exact) mass is 391 g/mol. The Balaban J connectivity index is 1.50. The van der Waals surface area contributed by atoms with Crippen molar-refractivity contribution >= 4 is 11.6 Å². The Hall–Kier alpha value is -1.76. The molecule has 6 nitrogen and oxygen atoms in total. The van der Waals surface area contributed by atoms with Gasteiger partial charge in [0.05, 0.1) is 11.1 Å². The second-order valence-corrected chi connectivity index (χ2v) is 8.12. The Bertz CT molecular complexity index is 815. The molecule has 0 amide bonds. The molecule has 3 N–H and O–H groups in total. The van der Waals surface area contributed by atoms with Gasteiger partial charge >= 0.3 is 0 Å². The van der Waals surface area contributed by atoms with Crippen molar-refractivity contribution in [2.24, 2.45) is 5.92 Å². The summed E-state index contributed by atoms with van der Waals surface area (Å²) in [7, 11) is 1.81. The fourth-order valence-electron chi connectivity index (χ4n) is 4.39. The topological polar surface area (TPSA) is 81.6 Å². The average molecular weight is 392 g/mol. The molecule has 146 valence electrons. The van der Waals surface area contributed by atoms with Crippen LogP contribution in [-0.4, -0.2) is 51.6 Å². The number of aromatic nitrogens is 2. The standard InChI is InChI=1S/C20H26ClN3O3/c1-27-13-4-2-12(3-5-13)10-24-7-6-17-15(11-24)20(23-22-17)14-8-16(21)19(26)9-18(14)25/h8-9,12-13,25-26H,2-7,10-11H2,1H3,(H,22,23). The number of H-pyrrole nitrogens is 1. The predicted octanol–water partition coefficient (Wildman–Crippen LogP) is 3.70. The molecule has 27 heavy (non-hydrogen) atoms. The molecule has 2 aliphatic rings. The number of benzene rings is 1. The van der Waals surface area contributed by atoms with Crippen molar-refractivity contribution in [3.8, 4) is 22.8 Å². The number of phenols is 2. The van der Waals surface area contributed by atoms with Crippen LogP contribution in [0, 0.1) is 5.92 Å². The molecule has 0 radical (unpaired) electrons. The number of nitrogens with zero attached hydrogens (tertiary/aromatic N) is 2. The summed E-state index contributed by atoms with van der Waals surface area (Å²) in [4.78, 5) is 2.48. The summed E-state index contributed by atoms with van der Waals surface area (Å²) >= 11 is 6.05. The minimum absolute atomic E-state index is 0.0128. The number of halogens is 1. The quantitative estimate of drug-likeness (QED) is 0.740. The molecule has 1 aromatic carbocycles. The molecule has 1 aliphatic carbocycles. The highest BCUT2D eigenvalue weighted by Gasteiger charge is 2.28. The van der Waals surface area contributed by atoms with Gasteiger partial charge in [-0.1, -0.05) is 11.6 Å². The highest BCUT2D eigenvalue weighted by molar-refractivity contribution is 6.32. The number of phenolic OH excluding ortho intramolecular Hbond substituents is 2. The van der Waals surface area contributed by atoms with Gasteiger partial charge in [0.25, 0.3) is 0 Å². The largest absolute Gasteiger partial charge is 0.507 e. The molecule has 2 heterocycles. The van der Waals surface area contributed by atoms with Crippen molar-refractivity contribution in [2.75, 3.05) is 20.2 Å². The van der Waals surface area contributed by atoms with Crippen molar-refractivity contribution < 1.29 is 14.9 Å². The van der Waals surface area contributed by atoms with E-state index < -0.39 is 0 Å². The number of fused-ring (bicyclic) bond motifs is 1. The lowest BCUT2D eigenvalue weighted by molar-refractivity contribution is 0.0486. The molecule has 1 aromatic heterocycles. The third-order valence-electron chi connectivity index (χ3n) is 5.98. The summed E-state index contributed by atoms with van der Waals surface area (Å²) in [5.74, 6) is 0.571. The molecule has 1 aliphatic heterocycles. The zero-order valence-corrected chi connectivity index (χ0v) is 16.3. The van der Waals surface area contributed by atoms with Crippen molar-refractivity contribution in [3.05, 3.63) is 28.4 Å². The van der Waals surface area contributed by atoms with Gasteiger partial charge in [-0.15, -0.1) is 0 Å². The maximum absolute atomic E-state index is 10.3. The number of aromatic amines is 1. The Kier molecular flexibility index (Phi) is 5.30. The Labute approximate surface area is 164 Å². The van der Waals surface area contributed by atoms with Gasteiger partial charge in [-0.25, -0.2) is 0 Å². The van der Waals surface area contributed by atoms with Crippen LogP contribution in [0.25, 0.3) is 11.3 Å². The van der Waals surface area contributed by atoms with E-state index in [1.54, 1.807) is 6.07 Å². The second-order valence-electron chi connectivity index (χ2n) is 7.71. The van der Waals surface area contributed by atoms with E-state index in [-0.39, 0.29) is 16.5 Å². The first-order valence-corrected chi connectivity index (χ1v) is 9.96. The molecule has 0 spiro atoms. The van der Waals surface area contributed by atoms with E-state index >= 15 is 0 Å². The number of nitrogens with one attached hydrogen (secondary N) is 1. The SMILES string of the molecule is COC1CCC(CN2CCc3[nH]nc(-c4cc(Cl)c(O)cc4O)c3C2)CC1. The van der Waals surface area contributed by atoms with E-state index in [1.807, 2.05) is 7.11 Å². The minimum Gasteiger partial charge on any atom is -0.507 e. The number of hydrogen-bond donors (Lipinski definition) is 3. The fourth-order valence-corrected chi connectivity index (χ4v) is 4.55. The van der Waals surface area contributed by atoms with Gasteiger partial charge in [-0.3, -0.25) is 10.00 Å². The van der Waals surface area contributed by atoms with Crippen LogP contribution in [0.2, 0.25) is 5.02 Å². The van der Waals surface area contributed by atoms with Crippen LogP contribution >= 0.6 is 11.6 Å². The average Bonchev–Trinajstić information content (AvgIpc) is 3.08. The van der Waals surface area contributed by atoms with Gasteiger partial charge in [0, 0.05) is 56.1 Å². The summed E-state index contributed by atoms with van der Waals surface area (Å²) in [5, 5.41) is 27.7. The third-order valence-corrected chi connectivity index (χ3v) is 6.28. The van der Waals surface area contributed by atoms with Crippen LogP contribution in [0.5, 0.6) is 11.5 Å². The van der Waals surface area contributed by atoms with Crippen LogP contribution in [0.15, 0.2) is 12.1 Å². The number of hydrogen-bond acceptors (Lipinski definition) is 5. The highest BCUT2D eigenvalue weighted by atomic mass is 35.5. The molecule has 2 aromatic rings. The molecule has 4 rings (SSSR count). The maximum Gasteiger partial charge on any atom is 0.137 e. The van der Waals surface area contributed by atoms with Crippen molar-refractivity contribution in [3.63, 3.8) is 0 Å². The van der Waals surface area contributed by atoms with E-state index in [2.05, 4.69) is 15.1 Å². The van der Waals surface area contributed by atoms with Gasteiger partial charge in [0.15, 0.2) is 0 Å². The number of methoxy groups -OCH3 is 1. The summed E-state index contributed by atoms with van der Waals surface area (Å²) in [5.41, 5.74) is 3.51. The van der Waals surface area contributed by atoms with Gasteiger partial charge in [-0.2, -0.15) is 5.10 Å². The molecule has 0 bridgehead atoms. The molecular formula is C20H26ClN3O3. The van der Waals surface area contributed by atoms with Gasteiger partial charge < -0.3 is 14.9 Å². The van der Waals surface area contributed by atoms with Crippen molar-refractivity contribution in [2.45, 2.75) is 44.8 Å². The highest BCUT2D eigenvalue weighted by Crippen LogP contribution is 2.39. The zero-order chi connectivity index (χ0) is 19.0. The Morgan fingerprint density at radius 2 is 2.00 bits per heavy atom. The van der Waals surface area contributed by atoms with Crippen LogP contribution in [0.4, 0.5) is 0 Å². The van der Waals surface area contributed by atoms with Crippen LogP contribution in [0.1, 0.15) is 36.9 Å². The Morgan fingerprint density at radius 3 is 2.74 bits per heavy atom. The molecular weight excluding hydrogens is 366 g/mol. The van der Waals surface area contributed by atoms with E-state index in [0.717, 1.165) is 55.8 Å². The maximum atomic E-state index is 10.3. The predicted molar refractivity (Wildman–Crippen MR) is 104 cm³/mol. The molecule has 1 saturated carbocycles. The molecule has 7 heteroatoms. The first-order valence-electron chi connectivity index (χ1n) is 9.58. The third kappa shape index (κ3) is 3.79. The number of rotatable bonds is 4. The molecule has 0 unspecified atom stereocenters. The zero-order valence-electron chi connectivity index (χ0n) is 15.5. The van der Waals surface area contributed by atoms with Crippen LogP contribution < -0.4 is 0 Å². The number of ether oxygens (including phenoxy) is 1. The number of aromatic hydroxyl groups is 2. The van der Waals surface area contributed by atoms with Crippen molar-refractivity contribution in [1.82, 2.24) is 15.1 Å². The lowest BCUT2D eigenvalue weighted by Gasteiger charge is -2.34. The summed E-state index contributed by atoms with van der Waals surface area (Å²) in [6.07, 6.45) is 6.08. The van der Waals surface area contributed by atoms with Gasteiger partial charge in [0.2, 0.25) is 0 Å². The van der Waals surface area contributed by atoms with Crippen LogP contribution in [0.3, 0.4) is 0 Å². The fraction of sp³-hybridized carbons (Fsp3) is 0.550. The molecule has 1 fully saturated rings. The van der Waals surface area contributed by atoms with Gasteiger partial charge in [0.1, 0.15) is 17.2 Å². The lowest BCUT2D eigenvalue weighted by atomic mass is 9.86. The molecule has 0 saturated heterocycles. The smallest absolute Gasteiger partial charge is 0.137 e. The van der Waals surface area contributed by atoms with Crippen LogP contribution in [-0.2, 0) is 17.7 Å². The minimum atomic E-state index is -0.129. The van der Waals surface area contributed by atoms with Crippen molar-refractivity contribution in [1.29, 1.82) is 0 Å². The van der Waals surface area contributed by atoms with Gasteiger partial charge in [-0.05, 0) is 37.7 Å². The van der Waals surface area contributed by atoms with E-state index in [9.17, 15) is 10.2 Å². The van der Waals surface area contributed by atoms with E-state index in [0.29, 0.717) is 17.6 Å². The second kappa shape index (κ2) is 7.70. The Morgan fingerprint density at radius 1 is 1.22 bits per heavy atom.